The molecule has 14 nitrogen and oxygen atoms in total. The number of rotatable bonds is 57. The van der Waals surface area contributed by atoms with Crippen LogP contribution in [0.15, 0.2) is 72.9 Å². The minimum atomic E-state index is -1.80. The van der Waals surface area contributed by atoms with Crippen molar-refractivity contribution in [1.29, 1.82) is 0 Å². The fraction of sp³-hybridized carbons (Fsp3) is 0.819. The summed E-state index contributed by atoms with van der Waals surface area (Å²) in [6.45, 7) is 2.79. The number of aliphatic hydroxyl groups excluding tert-OH is 8. The molecule has 2 rings (SSSR count). The molecule has 0 spiro atoms. The van der Waals surface area contributed by atoms with Gasteiger partial charge in [0.25, 0.3) is 0 Å². The summed E-state index contributed by atoms with van der Waals surface area (Å²) < 4.78 is 22.8. The highest BCUT2D eigenvalue weighted by molar-refractivity contribution is 5.76. The normalized spacial score (nSPS) is 23.8. The Morgan fingerprint density at radius 3 is 1.22 bits per heavy atom. The van der Waals surface area contributed by atoms with Crippen LogP contribution in [0.4, 0.5) is 0 Å². The Kier molecular flexibility index (Phi) is 52.2. The third-order valence-electron chi connectivity index (χ3n) is 16.8. The molecule has 0 aromatic heterocycles. The number of amides is 1. The largest absolute Gasteiger partial charge is 0.394 e. The molecule has 0 saturated carbocycles. The molecule has 0 aliphatic carbocycles. The molecule has 0 radical (unpaired) electrons. The predicted molar refractivity (Wildman–Crippen MR) is 350 cm³/mol. The van der Waals surface area contributed by atoms with E-state index in [9.17, 15) is 45.6 Å². The summed E-state index contributed by atoms with van der Waals surface area (Å²) in [4.78, 5) is 13.3. The highest BCUT2D eigenvalue weighted by atomic mass is 16.7. The first-order valence-electron chi connectivity index (χ1n) is 35.2. The minimum absolute atomic E-state index is 0.255. The molecule has 2 fully saturated rings. The van der Waals surface area contributed by atoms with Crippen LogP contribution in [0.5, 0.6) is 0 Å². The Bertz CT molecular complexity index is 1720. The standard InChI is InChI=1S/C72H129NO13/c1-3-5-7-9-11-13-15-17-19-21-23-25-27-29-30-32-34-36-38-40-42-44-46-48-50-52-54-56-64(77)73-60(59-83-71-69(82)67(80)70(63(58-75)85-71)86-72-68(81)66(79)65(78)62(57-74)84-72)61(76)55-53-51-49-47-45-43-41-39-37-35-33-31-28-26-24-22-20-18-16-14-12-10-8-6-4-2/h15,17,21,23,27,29,37,39,45,47,53,55,60-63,65-72,74-76,78-82H,3-14,16,18-20,22,24-26,28,30-36,38,40-44,46,48-52,54,56-59H2,1-2H3,(H,73,77)/b17-15-,23-21-,29-27-,39-37+,47-45+,55-53+. The van der Waals surface area contributed by atoms with E-state index in [2.05, 4.69) is 79.9 Å². The maximum Gasteiger partial charge on any atom is 0.220 e. The van der Waals surface area contributed by atoms with E-state index in [0.29, 0.717) is 12.8 Å². The van der Waals surface area contributed by atoms with Gasteiger partial charge in [-0.25, -0.2) is 0 Å². The van der Waals surface area contributed by atoms with Crippen molar-refractivity contribution in [3.05, 3.63) is 72.9 Å². The van der Waals surface area contributed by atoms with Gasteiger partial charge in [0.05, 0.1) is 32.0 Å². The number of unbranched alkanes of at least 4 members (excludes halogenated alkanes) is 34. The lowest BCUT2D eigenvalue weighted by molar-refractivity contribution is -0.359. The quantitative estimate of drug-likeness (QED) is 0.0204. The summed E-state index contributed by atoms with van der Waals surface area (Å²) in [5, 5.41) is 87.4. The van der Waals surface area contributed by atoms with Gasteiger partial charge in [0, 0.05) is 6.42 Å². The average Bonchev–Trinajstić information content (AvgIpc) is 2.53. The van der Waals surface area contributed by atoms with Crippen LogP contribution >= 0.6 is 0 Å². The van der Waals surface area contributed by atoms with Crippen molar-refractivity contribution in [3.8, 4) is 0 Å². The molecular formula is C72H129NO13. The second-order valence-electron chi connectivity index (χ2n) is 24.6. The number of aliphatic hydroxyl groups is 8. The number of ether oxygens (including phenoxy) is 4. The SMILES string of the molecule is CCCCCCC/C=C\C/C=C\C/C=C\CCCCCCCCCCCCCCC(=O)NC(COC1OC(CO)C(OC2OC(CO)C(O)C(O)C2O)C(O)C1O)C(O)/C=C/CC/C=C/CC/C=C/CCCCCCCCCCCCCCCCC. The molecule has 0 aromatic rings. The summed E-state index contributed by atoms with van der Waals surface area (Å²) in [6, 6.07) is -0.944. The maximum absolute atomic E-state index is 13.3. The molecule has 2 heterocycles. The van der Waals surface area contributed by atoms with Gasteiger partial charge in [0.15, 0.2) is 12.6 Å². The van der Waals surface area contributed by atoms with Gasteiger partial charge in [0.1, 0.15) is 48.8 Å². The topological polar surface area (TPSA) is 228 Å². The van der Waals surface area contributed by atoms with Crippen LogP contribution in [0.1, 0.15) is 284 Å². The molecule has 0 bridgehead atoms. The molecule has 2 aliphatic rings. The van der Waals surface area contributed by atoms with Crippen LogP contribution in [0.2, 0.25) is 0 Å². The number of carbonyl (C=O) groups excluding carboxylic acids is 1. The van der Waals surface area contributed by atoms with Crippen LogP contribution in [0.3, 0.4) is 0 Å². The molecule has 14 heteroatoms. The maximum atomic E-state index is 13.3. The number of nitrogens with one attached hydrogen (secondary N) is 1. The van der Waals surface area contributed by atoms with E-state index < -0.39 is 86.8 Å². The van der Waals surface area contributed by atoms with Gasteiger partial charge in [-0.05, 0) is 83.5 Å². The first kappa shape index (κ1) is 79.5. The van der Waals surface area contributed by atoms with Crippen LogP contribution in [-0.2, 0) is 23.7 Å². The van der Waals surface area contributed by atoms with Crippen molar-refractivity contribution in [3.63, 3.8) is 0 Å². The van der Waals surface area contributed by atoms with E-state index in [1.807, 2.05) is 6.08 Å². The summed E-state index contributed by atoms with van der Waals surface area (Å²) in [5.74, 6) is -0.255. The first-order chi connectivity index (χ1) is 42.1. The Morgan fingerprint density at radius 1 is 0.419 bits per heavy atom. The Labute approximate surface area is 523 Å². The number of hydrogen-bond acceptors (Lipinski definition) is 13. The zero-order valence-corrected chi connectivity index (χ0v) is 54.3. The summed E-state index contributed by atoms with van der Waals surface area (Å²) in [6.07, 6.45) is 59.5. The van der Waals surface area contributed by atoms with Crippen LogP contribution in [-0.4, -0.2) is 140 Å². The van der Waals surface area contributed by atoms with Crippen LogP contribution < -0.4 is 5.32 Å². The monoisotopic (exact) mass is 1220 g/mol. The average molecular weight is 1220 g/mol. The fourth-order valence-electron chi connectivity index (χ4n) is 11.2. The summed E-state index contributed by atoms with van der Waals surface area (Å²) >= 11 is 0. The summed E-state index contributed by atoms with van der Waals surface area (Å²) in [5.41, 5.74) is 0. The van der Waals surface area contributed by atoms with Crippen molar-refractivity contribution in [2.45, 2.75) is 357 Å². The lowest BCUT2D eigenvalue weighted by Gasteiger charge is -2.46. The number of carbonyl (C=O) groups is 1. The van der Waals surface area contributed by atoms with Gasteiger partial charge in [-0.2, -0.15) is 0 Å². The highest BCUT2D eigenvalue weighted by Crippen LogP contribution is 2.30. The molecule has 9 N–H and O–H groups in total. The molecule has 1 amide bonds. The third kappa shape index (κ3) is 40.2. The molecular weight excluding hydrogens is 1090 g/mol. The molecule has 500 valence electrons. The van der Waals surface area contributed by atoms with Crippen molar-refractivity contribution < 1.29 is 64.6 Å². The summed E-state index contributed by atoms with van der Waals surface area (Å²) in [7, 11) is 0. The zero-order valence-electron chi connectivity index (χ0n) is 54.3. The minimum Gasteiger partial charge on any atom is -0.394 e. The Hall–Kier alpha value is -2.57. The van der Waals surface area contributed by atoms with Crippen LogP contribution in [0, 0.1) is 0 Å². The van der Waals surface area contributed by atoms with Crippen molar-refractivity contribution in [2.75, 3.05) is 19.8 Å². The molecule has 2 saturated heterocycles. The van der Waals surface area contributed by atoms with Crippen molar-refractivity contribution in [2.24, 2.45) is 0 Å². The fourth-order valence-corrected chi connectivity index (χ4v) is 11.2. The van der Waals surface area contributed by atoms with Gasteiger partial charge in [-0.1, -0.05) is 267 Å². The van der Waals surface area contributed by atoms with E-state index in [-0.39, 0.29) is 18.9 Å². The van der Waals surface area contributed by atoms with Crippen molar-refractivity contribution >= 4 is 5.91 Å². The van der Waals surface area contributed by atoms with Gasteiger partial charge in [0.2, 0.25) is 5.91 Å². The van der Waals surface area contributed by atoms with Gasteiger partial charge in [-0.15, -0.1) is 0 Å². The third-order valence-corrected chi connectivity index (χ3v) is 16.8. The van der Waals surface area contributed by atoms with E-state index in [4.69, 9.17) is 18.9 Å². The van der Waals surface area contributed by atoms with Gasteiger partial charge >= 0.3 is 0 Å². The van der Waals surface area contributed by atoms with E-state index >= 15 is 0 Å². The van der Waals surface area contributed by atoms with Crippen LogP contribution in [0.25, 0.3) is 0 Å². The first-order valence-corrected chi connectivity index (χ1v) is 35.2. The van der Waals surface area contributed by atoms with E-state index in [1.165, 1.54) is 186 Å². The van der Waals surface area contributed by atoms with E-state index in [1.54, 1.807) is 6.08 Å². The Balaban J connectivity index is 1.72. The molecule has 86 heavy (non-hydrogen) atoms. The molecule has 0 aromatic carbocycles. The second kappa shape index (κ2) is 56.4. The highest BCUT2D eigenvalue weighted by Gasteiger charge is 2.51. The number of allylic oxidation sites excluding steroid dienone is 11. The lowest BCUT2D eigenvalue weighted by atomic mass is 9.97. The molecule has 2 aliphatic heterocycles. The number of hydrogen-bond donors (Lipinski definition) is 9. The van der Waals surface area contributed by atoms with Crippen molar-refractivity contribution in [1.82, 2.24) is 5.32 Å². The van der Waals surface area contributed by atoms with Gasteiger partial charge in [-0.3, -0.25) is 4.79 Å². The Morgan fingerprint density at radius 2 is 0.779 bits per heavy atom. The zero-order chi connectivity index (χ0) is 62.3. The van der Waals surface area contributed by atoms with Gasteiger partial charge < -0.3 is 65.1 Å². The lowest BCUT2D eigenvalue weighted by Crippen LogP contribution is -2.65. The van der Waals surface area contributed by atoms with E-state index in [0.717, 1.165) is 64.2 Å². The molecule has 12 atom stereocenters. The second-order valence-corrected chi connectivity index (χ2v) is 24.6. The smallest absolute Gasteiger partial charge is 0.220 e. The molecule has 12 unspecified atom stereocenters. The predicted octanol–water partition coefficient (Wildman–Crippen LogP) is 14.2.